The fraction of sp³-hybridized carbons (Fsp3) is 1.00. The molecule has 0 bridgehead atoms. The van der Waals surface area contributed by atoms with Gasteiger partial charge in [-0.05, 0) is 12.3 Å². The van der Waals surface area contributed by atoms with Crippen molar-refractivity contribution in [2.75, 3.05) is 13.2 Å². The molecule has 0 aromatic heterocycles. The van der Waals surface area contributed by atoms with E-state index in [1.807, 2.05) is 13.8 Å². The third-order valence-corrected chi connectivity index (χ3v) is 2.38. The zero-order valence-corrected chi connectivity index (χ0v) is 8.80. The van der Waals surface area contributed by atoms with Crippen molar-refractivity contribution in [1.29, 1.82) is 0 Å². The second-order valence-electron chi connectivity index (χ2n) is 3.64. The van der Waals surface area contributed by atoms with Crippen molar-refractivity contribution in [3.63, 3.8) is 0 Å². The van der Waals surface area contributed by atoms with Gasteiger partial charge in [-0.1, -0.05) is 27.2 Å². The van der Waals surface area contributed by atoms with Crippen LogP contribution in [0.1, 0.15) is 33.6 Å². The van der Waals surface area contributed by atoms with Gasteiger partial charge in [0, 0.05) is 6.54 Å². The predicted molar refractivity (Wildman–Crippen MR) is 52.5 cm³/mol. The molecular weight excluding hydrogens is 168 g/mol. The minimum Gasteiger partial charge on any atom is -0.395 e. The van der Waals surface area contributed by atoms with E-state index in [1.165, 1.54) is 0 Å². The Morgan fingerprint density at radius 3 is 2.31 bits per heavy atom. The second kappa shape index (κ2) is 6.32. The molecule has 0 aromatic carbocycles. The van der Waals surface area contributed by atoms with E-state index in [2.05, 4.69) is 17.7 Å². The predicted octanol–water partition coefficient (Wildman–Crippen LogP) is 0.699. The van der Waals surface area contributed by atoms with Gasteiger partial charge in [0.25, 0.3) is 0 Å². The SMILES string of the molecule is CCCC(NO)(NCCO)C(C)C. The number of nitrogens with one attached hydrogen (secondary N) is 2. The van der Waals surface area contributed by atoms with E-state index in [1.54, 1.807) is 0 Å². The molecule has 0 radical (unpaired) electrons. The van der Waals surface area contributed by atoms with Crippen LogP contribution in [0.25, 0.3) is 0 Å². The summed E-state index contributed by atoms with van der Waals surface area (Å²) in [7, 11) is 0. The Labute approximate surface area is 80.3 Å². The zero-order valence-electron chi connectivity index (χ0n) is 8.80. The molecule has 4 nitrogen and oxygen atoms in total. The monoisotopic (exact) mass is 190 g/mol. The standard InChI is InChI=1S/C9H22N2O2/c1-4-5-9(11-13,8(2)3)10-6-7-12/h8,10-13H,4-7H2,1-3H3. The van der Waals surface area contributed by atoms with Gasteiger partial charge in [-0.3, -0.25) is 5.32 Å². The molecule has 1 unspecified atom stereocenters. The highest BCUT2D eigenvalue weighted by molar-refractivity contribution is 4.84. The van der Waals surface area contributed by atoms with Crippen molar-refractivity contribution in [3.8, 4) is 0 Å². The molecule has 0 aliphatic heterocycles. The molecule has 0 rings (SSSR count). The van der Waals surface area contributed by atoms with E-state index in [0.29, 0.717) is 6.54 Å². The minimum atomic E-state index is -0.461. The third-order valence-electron chi connectivity index (χ3n) is 2.38. The number of aliphatic hydroxyl groups excluding tert-OH is 1. The quantitative estimate of drug-likeness (QED) is 0.352. The van der Waals surface area contributed by atoms with Crippen LogP contribution in [0.3, 0.4) is 0 Å². The molecule has 13 heavy (non-hydrogen) atoms. The molecule has 4 N–H and O–H groups in total. The smallest absolute Gasteiger partial charge is 0.0943 e. The Hall–Kier alpha value is -0.160. The van der Waals surface area contributed by atoms with Crippen molar-refractivity contribution in [2.45, 2.75) is 39.3 Å². The van der Waals surface area contributed by atoms with Crippen LogP contribution in [0, 0.1) is 5.92 Å². The van der Waals surface area contributed by atoms with E-state index in [-0.39, 0.29) is 12.5 Å². The average Bonchev–Trinajstić information content (AvgIpc) is 2.12. The summed E-state index contributed by atoms with van der Waals surface area (Å²) in [6, 6.07) is 0. The Bertz CT molecular complexity index is 131. The minimum absolute atomic E-state index is 0.0832. The van der Waals surface area contributed by atoms with Gasteiger partial charge in [-0.15, -0.1) is 0 Å². The molecule has 0 aromatic rings. The molecule has 0 fully saturated rings. The molecule has 1 atom stereocenters. The first kappa shape index (κ1) is 12.8. The maximum Gasteiger partial charge on any atom is 0.0943 e. The largest absolute Gasteiger partial charge is 0.395 e. The second-order valence-corrected chi connectivity index (χ2v) is 3.64. The fourth-order valence-corrected chi connectivity index (χ4v) is 1.48. The molecule has 80 valence electrons. The van der Waals surface area contributed by atoms with Crippen LogP contribution >= 0.6 is 0 Å². The molecule has 0 aliphatic carbocycles. The summed E-state index contributed by atoms with van der Waals surface area (Å²) in [6.45, 7) is 6.70. The first-order chi connectivity index (χ1) is 6.13. The summed E-state index contributed by atoms with van der Waals surface area (Å²) >= 11 is 0. The van der Waals surface area contributed by atoms with Gasteiger partial charge in [0.05, 0.1) is 12.3 Å². The number of aliphatic hydroxyl groups is 1. The van der Waals surface area contributed by atoms with Gasteiger partial charge in [0.1, 0.15) is 0 Å². The van der Waals surface area contributed by atoms with Crippen molar-refractivity contribution in [3.05, 3.63) is 0 Å². The molecular formula is C9H22N2O2. The van der Waals surface area contributed by atoms with Gasteiger partial charge >= 0.3 is 0 Å². The lowest BCUT2D eigenvalue weighted by molar-refractivity contribution is -0.000239. The normalized spacial score (nSPS) is 16.2. The van der Waals surface area contributed by atoms with Gasteiger partial charge in [0.2, 0.25) is 0 Å². The summed E-state index contributed by atoms with van der Waals surface area (Å²) < 4.78 is 0. The Balaban J connectivity index is 4.26. The highest BCUT2D eigenvalue weighted by atomic mass is 16.5. The molecule has 0 saturated carbocycles. The topological polar surface area (TPSA) is 64.5 Å². The molecule has 4 heteroatoms. The highest BCUT2D eigenvalue weighted by Crippen LogP contribution is 2.18. The van der Waals surface area contributed by atoms with Crippen molar-refractivity contribution < 1.29 is 10.3 Å². The van der Waals surface area contributed by atoms with Crippen molar-refractivity contribution in [2.24, 2.45) is 5.92 Å². The molecule has 0 amide bonds. The van der Waals surface area contributed by atoms with Crippen molar-refractivity contribution >= 4 is 0 Å². The lowest BCUT2D eigenvalue weighted by Crippen LogP contribution is -2.60. The number of hydrogen-bond donors (Lipinski definition) is 4. The summed E-state index contributed by atoms with van der Waals surface area (Å²) in [6.07, 6.45) is 1.81. The Morgan fingerprint density at radius 2 is 2.00 bits per heavy atom. The fourth-order valence-electron chi connectivity index (χ4n) is 1.48. The molecule has 0 heterocycles. The summed E-state index contributed by atoms with van der Waals surface area (Å²) in [5, 5.41) is 20.9. The van der Waals surface area contributed by atoms with Crippen molar-refractivity contribution in [1.82, 2.24) is 10.8 Å². The average molecular weight is 190 g/mol. The summed E-state index contributed by atoms with van der Waals surface area (Å²) in [5.74, 6) is 0.268. The highest BCUT2D eigenvalue weighted by Gasteiger charge is 2.31. The first-order valence-electron chi connectivity index (χ1n) is 4.90. The summed E-state index contributed by atoms with van der Waals surface area (Å²) in [4.78, 5) is 0. The van der Waals surface area contributed by atoms with Crippen LogP contribution < -0.4 is 10.8 Å². The van der Waals surface area contributed by atoms with Crippen LogP contribution in [0.15, 0.2) is 0 Å². The maximum absolute atomic E-state index is 9.11. The van der Waals surface area contributed by atoms with Gasteiger partial charge < -0.3 is 10.3 Å². The van der Waals surface area contributed by atoms with Crippen LogP contribution in [-0.4, -0.2) is 29.1 Å². The molecule has 0 aliphatic rings. The lowest BCUT2D eigenvalue weighted by Gasteiger charge is -2.37. The Kier molecular flexibility index (Phi) is 6.24. The van der Waals surface area contributed by atoms with E-state index in [4.69, 9.17) is 10.3 Å². The van der Waals surface area contributed by atoms with E-state index in [0.717, 1.165) is 12.8 Å². The van der Waals surface area contributed by atoms with Gasteiger partial charge in [0.15, 0.2) is 0 Å². The first-order valence-corrected chi connectivity index (χ1v) is 4.90. The van der Waals surface area contributed by atoms with E-state index in [9.17, 15) is 0 Å². The number of hydrogen-bond acceptors (Lipinski definition) is 4. The van der Waals surface area contributed by atoms with Crippen LogP contribution in [0.2, 0.25) is 0 Å². The summed E-state index contributed by atoms with van der Waals surface area (Å²) in [5.41, 5.74) is 1.87. The maximum atomic E-state index is 9.11. The van der Waals surface area contributed by atoms with Gasteiger partial charge in [-0.25, -0.2) is 0 Å². The molecule has 0 saturated heterocycles. The third kappa shape index (κ3) is 3.60. The van der Waals surface area contributed by atoms with Crippen LogP contribution in [-0.2, 0) is 0 Å². The Morgan fingerprint density at radius 1 is 1.38 bits per heavy atom. The zero-order chi connectivity index (χ0) is 10.3. The van der Waals surface area contributed by atoms with Crippen LogP contribution in [0.5, 0.6) is 0 Å². The molecule has 0 spiro atoms. The van der Waals surface area contributed by atoms with Crippen LogP contribution in [0.4, 0.5) is 0 Å². The van der Waals surface area contributed by atoms with E-state index < -0.39 is 5.66 Å². The lowest BCUT2D eigenvalue weighted by atomic mass is 9.92. The van der Waals surface area contributed by atoms with Gasteiger partial charge in [-0.2, -0.15) is 5.48 Å². The number of hydroxylamine groups is 1. The number of rotatable bonds is 7. The van der Waals surface area contributed by atoms with E-state index >= 15 is 0 Å².